The maximum Gasteiger partial charge on any atom is 0.355 e. The van der Waals surface area contributed by atoms with E-state index in [4.69, 9.17) is 16.7 Å². The molecule has 2 rings (SSSR count). The Kier molecular flexibility index (Phi) is 4.54. The van der Waals surface area contributed by atoms with Gasteiger partial charge in [0, 0.05) is 16.1 Å². The second kappa shape index (κ2) is 6.36. The van der Waals surface area contributed by atoms with Gasteiger partial charge in [-0.25, -0.2) is 14.6 Å². The molecule has 8 heteroatoms. The normalized spacial score (nSPS) is 10.1. The quantitative estimate of drug-likeness (QED) is 0.809. The number of benzene rings is 1. The Morgan fingerprint density at radius 1 is 1.30 bits per heavy atom. The number of carboxylic acids is 1. The number of halogens is 1. The van der Waals surface area contributed by atoms with Crippen molar-refractivity contribution >= 4 is 40.6 Å². The maximum atomic E-state index is 11.6. The van der Waals surface area contributed by atoms with E-state index in [2.05, 4.69) is 15.6 Å². The fourth-order valence-electron chi connectivity index (χ4n) is 1.35. The molecule has 2 aromatic rings. The van der Waals surface area contributed by atoms with Gasteiger partial charge in [-0.15, -0.1) is 11.3 Å². The number of carboxylic acid groups (broad SMARTS) is 1. The van der Waals surface area contributed by atoms with Crippen LogP contribution in [-0.2, 0) is 6.54 Å². The molecular weight excluding hydrogens is 302 g/mol. The van der Waals surface area contributed by atoms with E-state index in [0.717, 1.165) is 0 Å². The van der Waals surface area contributed by atoms with E-state index in [1.54, 1.807) is 24.3 Å². The van der Waals surface area contributed by atoms with Gasteiger partial charge in [0.1, 0.15) is 5.01 Å². The number of amides is 2. The lowest BCUT2D eigenvalue weighted by atomic mass is 10.3. The van der Waals surface area contributed by atoms with Crippen molar-refractivity contribution in [3.05, 3.63) is 45.4 Å². The molecule has 0 atom stereocenters. The smallest absolute Gasteiger partial charge is 0.355 e. The van der Waals surface area contributed by atoms with Crippen LogP contribution in [0.5, 0.6) is 0 Å². The van der Waals surface area contributed by atoms with Crippen molar-refractivity contribution in [1.82, 2.24) is 10.3 Å². The fraction of sp³-hybridized carbons (Fsp3) is 0.0833. The van der Waals surface area contributed by atoms with Crippen LogP contribution in [0, 0.1) is 0 Å². The lowest BCUT2D eigenvalue weighted by Gasteiger charge is -2.06. The lowest BCUT2D eigenvalue weighted by Crippen LogP contribution is -2.28. The minimum Gasteiger partial charge on any atom is -0.476 e. The third-order valence-corrected chi connectivity index (χ3v) is 3.37. The first-order valence-electron chi connectivity index (χ1n) is 5.53. The third kappa shape index (κ3) is 3.94. The number of carbonyl (C=O) groups is 2. The lowest BCUT2D eigenvalue weighted by molar-refractivity contribution is 0.0691. The van der Waals surface area contributed by atoms with Gasteiger partial charge in [0.25, 0.3) is 0 Å². The molecule has 0 saturated heterocycles. The van der Waals surface area contributed by atoms with Crippen molar-refractivity contribution in [3.8, 4) is 0 Å². The van der Waals surface area contributed by atoms with Gasteiger partial charge in [0.15, 0.2) is 5.69 Å². The van der Waals surface area contributed by atoms with Crippen molar-refractivity contribution < 1.29 is 14.7 Å². The van der Waals surface area contributed by atoms with Crippen LogP contribution in [0.4, 0.5) is 10.5 Å². The second-order valence-electron chi connectivity index (χ2n) is 3.75. The molecular formula is C12H10ClN3O3S. The van der Waals surface area contributed by atoms with Gasteiger partial charge in [-0.1, -0.05) is 11.6 Å². The minimum absolute atomic E-state index is 0.0232. The Labute approximate surface area is 123 Å². The first kappa shape index (κ1) is 14.3. The minimum atomic E-state index is -1.09. The van der Waals surface area contributed by atoms with Gasteiger partial charge in [-0.05, 0) is 24.3 Å². The van der Waals surface area contributed by atoms with Crippen molar-refractivity contribution in [1.29, 1.82) is 0 Å². The number of hydrogen-bond acceptors (Lipinski definition) is 4. The Bertz CT molecular complexity index is 627. The molecule has 0 unspecified atom stereocenters. The van der Waals surface area contributed by atoms with Crippen LogP contribution in [-0.4, -0.2) is 22.1 Å². The number of urea groups is 1. The number of rotatable bonds is 4. The number of aromatic nitrogens is 1. The summed E-state index contributed by atoms with van der Waals surface area (Å²) in [5, 5.41) is 16.5. The van der Waals surface area contributed by atoms with Gasteiger partial charge in [-0.3, -0.25) is 0 Å². The van der Waals surface area contributed by atoms with Gasteiger partial charge in [-0.2, -0.15) is 0 Å². The summed E-state index contributed by atoms with van der Waals surface area (Å²) in [5.74, 6) is -1.09. The average Bonchev–Trinajstić information content (AvgIpc) is 2.88. The van der Waals surface area contributed by atoms with E-state index in [9.17, 15) is 9.59 Å². The van der Waals surface area contributed by atoms with E-state index in [1.165, 1.54) is 16.7 Å². The average molecular weight is 312 g/mol. The van der Waals surface area contributed by atoms with Crippen LogP contribution in [0.25, 0.3) is 0 Å². The van der Waals surface area contributed by atoms with Crippen LogP contribution in [0.1, 0.15) is 15.5 Å². The topological polar surface area (TPSA) is 91.3 Å². The summed E-state index contributed by atoms with van der Waals surface area (Å²) in [7, 11) is 0. The van der Waals surface area contributed by atoms with Crippen molar-refractivity contribution in [2.75, 3.05) is 5.32 Å². The molecule has 0 saturated carbocycles. The summed E-state index contributed by atoms with van der Waals surface area (Å²) in [6, 6.07) is 6.27. The number of hydrogen-bond donors (Lipinski definition) is 3. The zero-order chi connectivity index (χ0) is 14.5. The molecule has 0 aliphatic rings. The molecule has 0 spiro atoms. The Balaban J connectivity index is 1.85. The largest absolute Gasteiger partial charge is 0.476 e. The summed E-state index contributed by atoms with van der Waals surface area (Å²) < 4.78 is 0. The number of nitrogens with zero attached hydrogens (tertiary/aromatic N) is 1. The van der Waals surface area contributed by atoms with Crippen molar-refractivity contribution in [2.45, 2.75) is 6.54 Å². The number of nitrogens with one attached hydrogen (secondary N) is 2. The first-order valence-corrected chi connectivity index (χ1v) is 6.78. The van der Waals surface area contributed by atoms with Crippen LogP contribution in [0.15, 0.2) is 29.6 Å². The highest BCUT2D eigenvalue weighted by atomic mass is 35.5. The molecule has 0 aliphatic heterocycles. The van der Waals surface area contributed by atoms with Crippen LogP contribution < -0.4 is 10.6 Å². The Morgan fingerprint density at radius 3 is 2.60 bits per heavy atom. The molecule has 1 aromatic carbocycles. The number of thiazole rings is 1. The Hall–Kier alpha value is -2.12. The Morgan fingerprint density at radius 2 is 2.00 bits per heavy atom. The summed E-state index contributed by atoms with van der Waals surface area (Å²) in [5.41, 5.74) is 0.585. The van der Waals surface area contributed by atoms with E-state index in [1.807, 2.05) is 0 Å². The van der Waals surface area contributed by atoms with E-state index in [0.29, 0.717) is 15.7 Å². The van der Waals surface area contributed by atoms with Crippen LogP contribution >= 0.6 is 22.9 Å². The maximum absolute atomic E-state index is 11.6. The SMILES string of the molecule is O=C(NCc1nc(C(=O)O)cs1)Nc1ccc(Cl)cc1. The van der Waals surface area contributed by atoms with Crippen molar-refractivity contribution in [2.24, 2.45) is 0 Å². The van der Waals surface area contributed by atoms with Gasteiger partial charge >= 0.3 is 12.0 Å². The van der Waals surface area contributed by atoms with Crippen molar-refractivity contribution in [3.63, 3.8) is 0 Å². The molecule has 6 nitrogen and oxygen atoms in total. The van der Waals surface area contributed by atoms with Crippen LogP contribution in [0.2, 0.25) is 5.02 Å². The monoisotopic (exact) mass is 311 g/mol. The summed E-state index contributed by atoms with van der Waals surface area (Å²) >= 11 is 6.91. The second-order valence-corrected chi connectivity index (χ2v) is 5.13. The highest BCUT2D eigenvalue weighted by Gasteiger charge is 2.09. The third-order valence-electron chi connectivity index (χ3n) is 2.27. The van der Waals surface area contributed by atoms with Crippen LogP contribution in [0.3, 0.4) is 0 Å². The highest BCUT2D eigenvalue weighted by Crippen LogP contribution is 2.13. The molecule has 1 heterocycles. The molecule has 0 radical (unpaired) electrons. The van der Waals surface area contributed by atoms with Gasteiger partial charge in [0.05, 0.1) is 6.54 Å². The highest BCUT2D eigenvalue weighted by molar-refractivity contribution is 7.09. The zero-order valence-electron chi connectivity index (χ0n) is 10.1. The molecule has 2 amide bonds. The first-order chi connectivity index (χ1) is 9.54. The molecule has 0 bridgehead atoms. The van der Waals surface area contributed by atoms with Gasteiger partial charge in [0.2, 0.25) is 0 Å². The van der Waals surface area contributed by atoms with E-state index < -0.39 is 12.0 Å². The molecule has 104 valence electrons. The zero-order valence-corrected chi connectivity index (χ0v) is 11.7. The van der Waals surface area contributed by atoms with E-state index >= 15 is 0 Å². The number of aromatic carboxylic acids is 1. The predicted molar refractivity (Wildman–Crippen MR) is 76.4 cm³/mol. The summed E-state index contributed by atoms with van der Waals surface area (Å²) in [6.07, 6.45) is 0. The number of anilines is 1. The van der Waals surface area contributed by atoms with Gasteiger partial charge < -0.3 is 15.7 Å². The molecule has 1 aromatic heterocycles. The molecule has 20 heavy (non-hydrogen) atoms. The fourth-order valence-corrected chi connectivity index (χ4v) is 2.19. The van der Waals surface area contributed by atoms with E-state index in [-0.39, 0.29) is 12.2 Å². The molecule has 3 N–H and O–H groups in total. The summed E-state index contributed by atoms with van der Waals surface area (Å²) in [4.78, 5) is 26.1. The summed E-state index contributed by atoms with van der Waals surface area (Å²) in [6.45, 7) is 0.164. The number of carbonyl (C=O) groups excluding carboxylic acids is 1. The molecule has 0 aliphatic carbocycles. The standard InChI is InChI=1S/C12H10ClN3O3S/c13-7-1-3-8(4-2-7)15-12(19)14-5-10-16-9(6-20-10)11(17)18/h1-4,6H,5H2,(H,17,18)(H2,14,15,19). The molecule has 0 fully saturated rings. The predicted octanol–water partition coefficient (Wildman–Crippen LogP) is 2.82.